The predicted octanol–water partition coefficient (Wildman–Crippen LogP) is 4.21. The van der Waals surface area contributed by atoms with Gasteiger partial charge in [-0.15, -0.1) is 25.6 Å². The number of hydrogen-bond donors (Lipinski definition) is 2. The van der Waals surface area contributed by atoms with E-state index < -0.39 is 24.3 Å². The summed E-state index contributed by atoms with van der Waals surface area (Å²) in [6.45, 7) is 1.98. The molecule has 0 bridgehead atoms. The number of halogens is 5. The van der Waals surface area contributed by atoms with E-state index in [1.165, 1.54) is 12.1 Å². The average Bonchev–Trinajstić information content (AvgIpc) is 2.36. The van der Waals surface area contributed by atoms with E-state index >= 15 is 0 Å². The molecule has 0 aliphatic rings. The molecule has 0 aliphatic heterocycles. The summed E-state index contributed by atoms with van der Waals surface area (Å²) < 4.78 is 40.1. The lowest BCUT2D eigenvalue weighted by Crippen LogP contribution is -2.26. The Kier molecular flexibility index (Phi) is 8.39. The Balaban J connectivity index is 0.00000400. The van der Waals surface area contributed by atoms with Crippen molar-refractivity contribution in [2.24, 2.45) is 5.73 Å². The lowest BCUT2D eigenvalue weighted by molar-refractivity contribution is -0.274. The topological polar surface area (TPSA) is 55.5 Å². The number of hydrogen-bond acceptors (Lipinski definition) is 3. The van der Waals surface area contributed by atoms with Gasteiger partial charge in [0.25, 0.3) is 0 Å². The number of alkyl halides is 3. The van der Waals surface area contributed by atoms with Gasteiger partial charge in [0.2, 0.25) is 0 Å². The van der Waals surface area contributed by atoms with Gasteiger partial charge in [-0.1, -0.05) is 37.4 Å². The Hall–Kier alpha value is -0.690. The highest BCUT2D eigenvalue weighted by atomic mass is 35.5. The van der Waals surface area contributed by atoms with Gasteiger partial charge in [-0.25, -0.2) is 0 Å². The van der Waals surface area contributed by atoms with Crippen LogP contribution in [0, 0.1) is 0 Å². The van der Waals surface area contributed by atoms with Crippen molar-refractivity contribution in [2.45, 2.75) is 44.7 Å². The summed E-state index contributed by atoms with van der Waals surface area (Å²) in [7, 11) is 0. The van der Waals surface area contributed by atoms with Crippen LogP contribution in [0.4, 0.5) is 13.2 Å². The van der Waals surface area contributed by atoms with Gasteiger partial charge < -0.3 is 15.6 Å². The molecular formula is C13H18Cl2F3NO2. The minimum absolute atomic E-state index is 0. The highest BCUT2D eigenvalue weighted by Crippen LogP contribution is 2.32. The maximum atomic E-state index is 12.1. The lowest BCUT2D eigenvalue weighted by atomic mass is 9.98. The first-order valence-corrected chi connectivity index (χ1v) is 6.61. The first-order valence-electron chi connectivity index (χ1n) is 6.23. The number of aliphatic hydroxyl groups excluding tert-OH is 1. The number of ether oxygens (including phenoxy) is 1. The van der Waals surface area contributed by atoms with Gasteiger partial charge in [0, 0.05) is 0 Å². The van der Waals surface area contributed by atoms with Crippen molar-refractivity contribution in [2.75, 3.05) is 0 Å². The summed E-state index contributed by atoms with van der Waals surface area (Å²) in [4.78, 5) is 0. The third kappa shape index (κ3) is 6.74. The fourth-order valence-corrected chi connectivity index (χ4v) is 1.97. The number of benzene rings is 1. The van der Waals surface area contributed by atoms with E-state index in [2.05, 4.69) is 4.74 Å². The van der Waals surface area contributed by atoms with Crippen molar-refractivity contribution in [1.82, 2.24) is 0 Å². The SMILES string of the molecule is CCCC[C@@H](O)[C@@H](N)c1ccc(OC(F)(F)F)c(Cl)c1.Cl. The Bertz CT molecular complexity index is 444. The zero-order valence-corrected chi connectivity index (χ0v) is 12.9. The molecule has 0 aliphatic carbocycles. The molecule has 8 heteroatoms. The van der Waals surface area contributed by atoms with Gasteiger partial charge in [0.1, 0.15) is 5.75 Å². The molecule has 0 aromatic heterocycles. The molecule has 1 aromatic rings. The van der Waals surface area contributed by atoms with Crippen LogP contribution in [0.5, 0.6) is 5.75 Å². The maximum Gasteiger partial charge on any atom is 0.573 e. The van der Waals surface area contributed by atoms with Crippen LogP contribution in [0.15, 0.2) is 18.2 Å². The van der Waals surface area contributed by atoms with Crippen molar-refractivity contribution in [3.05, 3.63) is 28.8 Å². The minimum Gasteiger partial charge on any atom is -0.404 e. The Labute approximate surface area is 132 Å². The lowest BCUT2D eigenvalue weighted by Gasteiger charge is -2.20. The first kappa shape index (κ1) is 20.3. The molecular weight excluding hydrogens is 330 g/mol. The van der Waals surface area contributed by atoms with Crippen molar-refractivity contribution >= 4 is 24.0 Å². The molecule has 122 valence electrons. The van der Waals surface area contributed by atoms with Crippen LogP contribution in [-0.2, 0) is 0 Å². The maximum absolute atomic E-state index is 12.1. The molecule has 21 heavy (non-hydrogen) atoms. The molecule has 0 spiro atoms. The van der Waals surface area contributed by atoms with E-state index in [1.807, 2.05) is 6.92 Å². The quantitative estimate of drug-likeness (QED) is 0.810. The van der Waals surface area contributed by atoms with Crippen LogP contribution in [0.3, 0.4) is 0 Å². The Morgan fingerprint density at radius 3 is 2.48 bits per heavy atom. The molecule has 0 saturated heterocycles. The van der Waals surface area contributed by atoms with Crippen molar-refractivity contribution < 1.29 is 23.0 Å². The van der Waals surface area contributed by atoms with Crippen LogP contribution in [0.2, 0.25) is 5.02 Å². The van der Waals surface area contributed by atoms with Gasteiger partial charge in [-0.05, 0) is 24.1 Å². The molecule has 0 saturated carbocycles. The van der Waals surface area contributed by atoms with Crippen LogP contribution >= 0.6 is 24.0 Å². The molecule has 0 fully saturated rings. The molecule has 0 unspecified atom stereocenters. The van der Waals surface area contributed by atoms with E-state index in [0.29, 0.717) is 12.0 Å². The second-order valence-corrected chi connectivity index (χ2v) is 4.88. The van der Waals surface area contributed by atoms with Gasteiger partial charge >= 0.3 is 6.36 Å². The summed E-state index contributed by atoms with van der Waals surface area (Å²) in [5.74, 6) is -0.488. The van der Waals surface area contributed by atoms with E-state index in [9.17, 15) is 18.3 Å². The van der Waals surface area contributed by atoms with Crippen LogP contribution in [0.1, 0.15) is 37.8 Å². The molecule has 0 radical (unpaired) electrons. The summed E-state index contributed by atoms with van der Waals surface area (Å²) in [5.41, 5.74) is 6.32. The normalized spacial score (nSPS) is 14.2. The molecule has 3 nitrogen and oxygen atoms in total. The van der Waals surface area contributed by atoms with Crippen LogP contribution in [-0.4, -0.2) is 17.6 Å². The summed E-state index contributed by atoms with van der Waals surface area (Å²) >= 11 is 5.73. The number of rotatable bonds is 6. The van der Waals surface area contributed by atoms with E-state index in [-0.39, 0.29) is 17.4 Å². The van der Waals surface area contributed by atoms with Crippen LogP contribution in [0.25, 0.3) is 0 Å². The van der Waals surface area contributed by atoms with Crippen molar-refractivity contribution in [1.29, 1.82) is 0 Å². The fraction of sp³-hybridized carbons (Fsp3) is 0.538. The summed E-state index contributed by atoms with van der Waals surface area (Å²) in [5, 5.41) is 9.67. The fourth-order valence-electron chi connectivity index (χ4n) is 1.75. The molecule has 3 N–H and O–H groups in total. The second-order valence-electron chi connectivity index (χ2n) is 4.47. The van der Waals surface area contributed by atoms with Crippen LogP contribution < -0.4 is 10.5 Å². The van der Waals surface area contributed by atoms with Gasteiger partial charge in [-0.2, -0.15) is 0 Å². The number of unbranched alkanes of at least 4 members (excludes halogenated alkanes) is 1. The van der Waals surface area contributed by atoms with Crippen molar-refractivity contribution in [3.8, 4) is 5.75 Å². The minimum atomic E-state index is -4.80. The Morgan fingerprint density at radius 2 is 2.00 bits per heavy atom. The number of nitrogens with two attached hydrogens (primary N) is 1. The molecule has 0 amide bonds. The standard InChI is InChI=1S/C13H17ClF3NO2.ClH/c1-2-3-4-10(19)12(18)8-5-6-11(9(14)7-8)20-13(15,16)17;/h5-7,10,12,19H,2-4,18H2,1H3;1H/t10-,12+;/m1./s1. The highest BCUT2D eigenvalue weighted by molar-refractivity contribution is 6.32. The zero-order chi connectivity index (χ0) is 15.3. The third-order valence-electron chi connectivity index (χ3n) is 2.83. The van der Waals surface area contributed by atoms with Gasteiger partial charge in [0.15, 0.2) is 0 Å². The van der Waals surface area contributed by atoms with E-state index in [0.717, 1.165) is 18.9 Å². The molecule has 1 rings (SSSR count). The van der Waals surface area contributed by atoms with E-state index in [1.54, 1.807) is 0 Å². The molecule has 2 atom stereocenters. The predicted molar refractivity (Wildman–Crippen MR) is 77.8 cm³/mol. The second kappa shape index (κ2) is 8.68. The monoisotopic (exact) mass is 347 g/mol. The average molecular weight is 348 g/mol. The van der Waals surface area contributed by atoms with Crippen molar-refractivity contribution in [3.63, 3.8) is 0 Å². The summed E-state index contributed by atoms with van der Waals surface area (Å²) in [6, 6.07) is 3.05. The van der Waals surface area contributed by atoms with Gasteiger partial charge in [-0.3, -0.25) is 0 Å². The molecule has 1 aromatic carbocycles. The highest BCUT2D eigenvalue weighted by Gasteiger charge is 2.32. The largest absolute Gasteiger partial charge is 0.573 e. The zero-order valence-electron chi connectivity index (χ0n) is 11.4. The van der Waals surface area contributed by atoms with E-state index in [4.69, 9.17) is 17.3 Å². The Morgan fingerprint density at radius 1 is 1.38 bits per heavy atom. The third-order valence-corrected chi connectivity index (χ3v) is 3.13. The summed E-state index contributed by atoms with van der Waals surface area (Å²) in [6.07, 6.45) is -3.30. The first-order chi connectivity index (χ1) is 9.24. The number of aliphatic hydroxyl groups is 1. The molecule has 0 heterocycles. The smallest absolute Gasteiger partial charge is 0.404 e. The van der Waals surface area contributed by atoms with Gasteiger partial charge in [0.05, 0.1) is 17.2 Å².